The molecule has 3 rings (SSSR count). The molecule has 1 saturated heterocycles. The highest BCUT2D eigenvalue weighted by Crippen LogP contribution is 2.29. The number of nitrogens with zero attached hydrogens (tertiary/aromatic N) is 1. The van der Waals surface area contributed by atoms with Crippen LogP contribution >= 0.6 is 0 Å². The molecule has 2 N–H and O–H groups in total. The molecule has 0 aromatic heterocycles. The van der Waals surface area contributed by atoms with E-state index in [1.165, 1.54) is 0 Å². The first kappa shape index (κ1) is 22.6. The zero-order valence-electron chi connectivity index (χ0n) is 17.0. The van der Waals surface area contributed by atoms with Crippen LogP contribution in [0.25, 0.3) is 0 Å². The summed E-state index contributed by atoms with van der Waals surface area (Å²) < 4.78 is 49.2. The fourth-order valence-electron chi connectivity index (χ4n) is 3.02. The number of rotatable bonds is 6. The molecule has 2 aromatic rings. The Morgan fingerprint density at radius 2 is 1.87 bits per heavy atom. The Morgan fingerprint density at radius 3 is 2.45 bits per heavy atom. The smallest absolute Gasteiger partial charge is 0.416 e. The summed E-state index contributed by atoms with van der Waals surface area (Å²) in [6.07, 6.45) is -2.65. The Morgan fingerprint density at radius 1 is 1.16 bits per heavy atom. The molecule has 9 heteroatoms. The molecule has 0 saturated carbocycles. The van der Waals surface area contributed by atoms with E-state index in [0.29, 0.717) is 31.2 Å². The third kappa shape index (κ3) is 6.71. The number of amides is 1. The van der Waals surface area contributed by atoms with E-state index in [0.717, 1.165) is 37.1 Å². The standard InChI is InChI=1S/C22H24F3N3O3/c1-2-30-18-11-9-17(10-12-18)27-21(26-14-19-4-3-13-31-19)28-20(29)15-5-7-16(8-6-15)22(23,24)25/h5-12,19H,2-4,13-14H2,1H3,(H2,26,27,28,29). The number of hydrogen-bond donors (Lipinski definition) is 2. The van der Waals surface area contributed by atoms with Crippen molar-refractivity contribution in [2.24, 2.45) is 4.99 Å². The third-order valence-corrected chi connectivity index (χ3v) is 4.61. The zero-order valence-corrected chi connectivity index (χ0v) is 17.0. The van der Waals surface area contributed by atoms with Gasteiger partial charge in [0, 0.05) is 17.9 Å². The SMILES string of the molecule is CCOc1ccc(NC(=NCC2CCCO2)NC(=O)c2ccc(C(F)(F)F)cc2)cc1. The Balaban J connectivity index is 1.72. The molecule has 31 heavy (non-hydrogen) atoms. The van der Waals surface area contributed by atoms with Crippen LogP contribution in [0.4, 0.5) is 18.9 Å². The van der Waals surface area contributed by atoms with E-state index in [1.54, 1.807) is 24.3 Å². The molecule has 2 aromatic carbocycles. The first-order valence-corrected chi connectivity index (χ1v) is 9.99. The van der Waals surface area contributed by atoms with Crippen LogP contribution in [0, 0.1) is 0 Å². The monoisotopic (exact) mass is 435 g/mol. The highest BCUT2D eigenvalue weighted by Gasteiger charge is 2.30. The molecular weight excluding hydrogens is 411 g/mol. The number of carbonyl (C=O) groups excluding carboxylic acids is 1. The van der Waals surface area contributed by atoms with Gasteiger partial charge in [0.05, 0.1) is 24.8 Å². The molecule has 1 aliphatic heterocycles. The first-order valence-electron chi connectivity index (χ1n) is 9.99. The molecule has 166 valence electrons. The van der Waals surface area contributed by atoms with Crippen LogP contribution in [-0.2, 0) is 10.9 Å². The molecule has 1 heterocycles. The molecule has 1 atom stereocenters. The van der Waals surface area contributed by atoms with Gasteiger partial charge in [-0.2, -0.15) is 13.2 Å². The minimum absolute atomic E-state index is 0.0277. The summed E-state index contributed by atoms with van der Waals surface area (Å²) in [5, 5.41) is 5.67. The van der Waals surface area contributed by atoms with E-state index in [2.05, 4.69) is 15.6 Å². The summed E-state index contributed by atoms with van der Waals surface area (Å²) in [7, 11) is 0. The van der Waals surface area contributed by atoms with Crippen LogP contribution in [0.1, 0.15) is 35.7 Å². The number of aliphatic imine (C=N–C) groups is 1. The van der Waals surface area contributed by atoms with Crippen molar-refractivity contribution in [1.82, 2.24) is 5.32 Å². The average Bonchev–Trinajstić information content (AvgIpc) is 3.27. The zero-order chi connectivity index (χ0) is 22.3. The second-order valence-corrected chi connectivity index (χ2v) is 6.94. The number of hydrogen-bond acceptors (Lipinski definition) is 4. The molecule has 1 aliphatic rings. The maximum Gasteiger partial charge on any atom is 0.416 e. The van der Waals surface area contributed by atoms with Gasteiger partial charge < -0.3 is 14.8 Å². The van der Waals surface area contributed by atoms with Crippen molar-refractivity contribution in [1.29, 1.82) is 0 Å². The second kappa shape index (κ2) is 10.3. The van der Waals surface area contributed by atoms with E-state index >= 15 is 0 Å². The van der Waals surface area contributed by atoms with Crippen LogP contribution in [0.5, 0.6) is 5.75 Å². The van der Waals surface area contributed by atoms with Crippen LogP contribution in [-0.4, -0.2) is 37.7 Å². The lowest BCUT2D eigenvalue weighted by atomic mass is 10.1. The highest BCUT2D eigenvalue weighted by molar-refractivity contribution is 6.10. The number of carbonyl (C=O) groups is 1. The Hall–Kier alpha value is -3.07. The molecule has 0 radical (unpaired) electrons. The summed E-state index contributed by atoms with van der Waals surface area (Å²) in [5.41, 5.74) is -0.0580. The lowest BCUT2D eigenvalue weighted by molar-refractivity contribution is -0.137. The average molecular weight is 435 g/mol. The van der Waals surface area contributed by atoms with Crippen molar-refractivity contribution in [3.8, 4) is 5.75 Å². The quantitative estimate of drug-likeness (QED) is 0.518. The van der Waals surface area contributed by atoms with E-state index < -0.39 is 17.6 Å². The summed E-state index contributed by atoms with van der Waals surface area (Å²) in [4.78, 5) is 17.0. The number of anilines is 1. The van der Waals surface area contributed by atoms with Crippen LogP contribution in [0.2, 0.25) is 0 Å². The van der Waals surface area contributed by atoms with E-state index in [-0.39, 0.29) is 17.6 Å². The topological polar surface area (TPSA) is 71.9 Å². The number of nitrogens with one attached hydrogen (secondary N) is 2. The van der Waals surface area contributed by atoms with Crippen LogP contribution < -0.4 is 15.4 Å². The summed E-state index contributed by atoms with van der Waals surface area (Å²) in [6.45, 7) is 3.47. The minimum atomic E-state index is -4.46. The van der Waals surface area contributed by atoms with Gasteiger partial charge in [-0.15, -0.1) is 0 Å². The van der Waals surface area contributed by atoms with Gasteiger partial charge in [0.25, 0.3) is 5.91 Å². The fourth-order valence-corrected chi connectivity index (χ4v) is 3.02. The fraction of sp³-hybridized carbons (Fsp3) is 0.364. The van der Waals surface area contributed by atoms with Crippen molar-refractivity contribution in [2.45, 2.75) is 32.0 Å². The lowest BCUT2D eigenvalue weighted by Gasteiger charge is -2.14. The van der Waals surface area contributed by atoms with E-state index in [9.17, 15) is 18.0 Å². The first-order chi connectivity index (χ1) is 14.8. The van der Waals surface area contributed by atoms with Gasteiger partial charge in [0.15, 0.2) is 0 Å². The third-order valence-electron chi connectivity index (χ3n) is 4.61. The maximum absolute atomic E-state index is 12.7. The number of benzene rings is 2. The van der Waals surface area contributed by atoms with Crippen molar-refractivity contribution in [2.75, 3.05) is 25.1 Å². The minimum Gasteiger partial charge on any atom is -0.494 e. The number of alkyl halides is 3. The lowest BCUT2D eigenvalue weighted by Crippen LogP contribution is -2.36. The Kier molecular flexibility index (Phi) is 7.51. The van der Waals surface area contributed by atoms with Gasteiger partial charge in [0.1, 0.15) is 5.75 Å². The predicted octanol–water partition coefficient (Wildman–Crippen LogP) is 4.48. The van der Waals surface area contributed by atoms with Gasteiger partial charge in [0.2, 0.25) is 5.96 Å². The number of halogens is 3. The molecule has 0 aliphatic carbocycles. The largest absolute Gasteiger partial charge is 0.494 e. The van der Waals surface area contributed by atoms with Gasteiger partial charge in [-0.3, -0.25) is 10.1 Å². The number of ether oxygens (including phenoxy) is 2. The summed E-state index contributed by atoms with van der Waals surface area (Å²) >= 11 is 0. The van der Waals surface area contributed by atoms with Crippen LogP contribution in [0.3, 0.4) is 0 Å². The van der Waals surface area contributed by atoms with Crippen molar-refractivity contribution in [3.05, 3.63) is 59.7 Å². The number of guanidine groups is 1. The second-order valence-electron chi connectivity index (χ2n) is 6.94. The van der Waals surface area contributed by atoms with Gasteiger partial charge in [-0.1, -0.05) is 0 Å². The molecule has 0 spiro atoms. The van der Waals surface area contributed by atoms with E-state index in [1.807, 2.05) is 6.92 Å². The van der Waals surface area contributed by atoms with Crippen LogP contribution in [0.15, 0.2) is 53.5 Å². The van der Waals surface area contributed by atoms with Gasteiger partial charge in [-0.05, 0) is 68.3 Å². The van der Waals surface area contributed by atoms with Gasteiger partial charge in [-0.25, -0.2) is 4.99 Å². The molecule has 1 amide bonds. The van der Waals surface area contributed by atoms with Crippen molar-refractivity contribution in [3.63, 3.8) is 0 Å². The summed E-state index contributed by atoms with van der Waals surface area (Å²) in [5.74, 6) is 0.322. The van der Waals surface area contributed by atoms with Crippen molar-refractivity contribution < 1.29 is 27.4 Å². The van der Waals surface area contributed by atoms with E-state index in [4.69, 9.17) is 9.47 Å². The molecule has 6 nitrogen and oxygen atoms in total. The molecule has 0 bridgehead atoms. The Labute approximate surface area is 178 Å². The summed E-state index contributed by atoms with van der Waals surface area (Å²) in [6, 6.07) is 11.1. The highest BCUT2D eigenvalue weighted by atomic mass is 19.4. The molecule has 1 unspecified atom stereocenters. The normalized spacial score (nSPS) is 16.8. The van der Waals surface area contributed by atoms with Gasteiger partial charge >= 0.3 is 6.18 Å². The Bertz CT molecular complexity index is 891. The predicted molar refractivity (Wildman–Crippen MR) is 111 cm³/mol. The van der Waals surface area contributed by atoms with Crippen molar-refractivity contribution >= 4 is 17.6 Å². The molecular formula is C22H24F3N3O3. The maximum atomic E-state index is 12.7. The molecule has 1 fully saturated rings.